The van der Waals surface area contributed by atoms with Crippen molar-refractivity contribution in [2.75, 3.05) is 0 Å². The fourth-order valence-corrected chi connectivity index (χ4v) is 2.84. The van der Waals surface area contributed by atoms with Crippen LogP contribution in [0, 0.1) is 0 Å². The average molecular weight is 376 g/mol. The minimum absolute atomic E-state index is 0.879. The molecule has 0 unspecified atom stereocenters. The molecule has 116 valence electrons. The minimum atomic E-state index is 0.879. The smallest absolute Gasteiger partial charge is 0.121 e. The van der Waals surface area contributed by atoms with E-state index in [1.165, 1.54) is 0 Å². The van der Waals surface area contributed by atoms with Gasteiger partial charge in [0.25, 0.3) is 0 Å². The number of aromatic nitrogens is 3. The highest BCUT2D eigenvalue weighted by Crippen LogP contribution is 2.29. The van der Waals surface area contributed by atoms with Crippen molar-refractivity contribution >= 4 is 15.9 Å². The van der Waals surface area contributed by atoms with Crippen LogP contribution in [0.3, 0.4) is 0 Å². The summed E-state index contributed by atoms with van der Waals surface area (Å²) in [6.07, 6.45) is 0. The molecule has 0 aliphatic carbocycles. The molecule has 4 rings (SSSR count). The Labute approximate surface area is 148 Å². The van der Waals surface area contributed by atoms with E-state index in [1.54, 1.807) is 4.80 Å². The van der Waals surface area contributed by atoms with Crippen LogP contribution in [0.25, 0.3) is 28.2 Å². The standard InChI is InChI=1S/C20H14BrN3/c21-17-11-13-18(14-12-17)24-22-19(15-7-3-1-4-8-15)20(23-24)16-9-5-2-6-10-16/h1-14H. The van der Waals surface area contributed by atoms with Gasteiger partial charge in [0.05, 0.1) is 5.69 Å². The summed E-state index contributed by atoms with van der Waals surface area (Å²) in [6, 6.07) is 28.3. The molecule has 1 aromatic heterocycles. The monoisotopic (exact) mass is 375 g/mol. The third-order valence-electron chi connectivity index (χ3n) is 3.77. The summed E-state index contributed by atoms with van der Waals surface area (Å²) in [5.74, 6) is 0. The Morgan fingerprint density at radius 2 is 1.04 bits per heavy atom. The zero-order valence-corrected chi connectivity index (χ0v) is 14.4. The van der Waals surface area contributed by atoms with E-state index in [2.05, 4.69) is 40.2 Å². The van der Waals surface area contributed by atoms with E-state index in [4.69, 9.17) is 10.2 Å². The first-order valence-electron chi connectivity index (χ1n) is 7.65. The van der Waals surface area contributed by atoms with Crippen molar-refractivity contribution in [2.24, 2.45) is 0 Å². The SMILES string of the molecule is Brc1ccc(-n2nc(-c3ccccc3)c(-c3ccccc3)n2)cc1. The van der Waals surface area contributed by atoms with Crippen LogP contribution in [0.2, 0.25) is 0 Å². The molecule has 0 saturated heterocycles. The van der Waals surface area contributed by atoms with Gasteiger partial charge >= 0.3 is 0 Å². The summed E-state index contributed by atoms with van der Waals surface area (Å²) in [6.45, 7) is 0. The predicted octanol–water partition coefficient (Wildman–Crippen LogP) is 5.36. The Morgan fingerprint density at radius 1 is 0.583 bits per heavy atom. The molecular formula is C20H14BrN3. The van der Waals surface area contributed by atoms with Crippen LogP contribution in [0.5, 0.6) is 0 Å². The van der Waals surface area contributed by atoms with Crippen LogP contribution in [0.1, 0.15) is 0 Å². The molecule has 0 N–H and O–H groups in total. The fourth-order valence-electron chi connectivity index (χ4n) is 2.58. The van der Waals surface area contributed by atoms with Crippen LogP contribution in [-0.2, 0) is 0 Å². The van der Waals surface area contributed by atoms with Crippen LogP contribution >= 0.6 is 15.9 Å². The summed E-state index contributed by atoms with van der Waals surface area (Å²) in [4.78, 5) is 1.69. The summed E-state index contributed by atoms with van der Waals surface area (Å²) >= 11 is 3.46. The molecular weight excluding hydrogens is 362 g/mol. The number of rotatable bonds is 3. The van der Waals surface area contributed by atoms with Crippen molar-refractivity contribution in [3.63, 3.8) is 0 Å². The average Bonchev–Trinajstić information content (AvgIpc) is 3.09. The second kappa shape index (κ2) is 6.42. The maximum absolute atomic E-state index is 4.75. The molecule has 3 aromatic carbocycles. The Morgan fingerprint density at radius 3 is 1.50 bits per heavy atom. The van der Waals surface area contributed by atoms with Gasteiger partial charge in [0.1, 0.15) is 11.4 Å². The summed E-state index contributed by atoms with van der Waals surface area (Å²) in [7, 11) is 0. The Bertz CT molecular complexity index is 888. The molecule has 0 aliphatic rings. The van der Waals surface area contributed by atoms with E-state index in [0.29, 0.717) is 0 Å². The van der Waals surface area contributed by atoms with E-state index < -0.39 is 0 Å². The first-order chi connectivity index (χ1) is 11.8. The third kappa shape index (κ3) is 2.88. The number of hydrogen-bond donors (Lipinski definition) is 0. The normalized spacial score (nSPS) is 10.7. The highest BCUT2D eigenvalue weighted by atomic mass is 79.9. The van der Waals surface area contributed by atoms with Crippen molar-refractivity contribution in [3.8, 4) is 28.2 Å². The van der Waals surface area contributed by atoms with Crippen molar-refractivity contribution in [3.05, 3.63) is 89.4 Å². The molecule has 0 radical (unpaired) electrons. The molecule has 0 bridgehead atoms. The van der Waals surface area contributed by atoms with E-state index in [9.17, 15) is 0 Å². The third-order valence-corrected chi connectivity index (χ3v) is 4.29. The zero-order valence-electron chi connectivity index (χ0n) is 12.8. The van der Waals surface area contributed by atoms with Gasteiger partial charge in [0, 0.05) is 15.6 Å². The molecule has 24 heavy (non-hydrogen) atoms. The Balaban J connectivity index is 1.89. The van der Waals surface area contributed by atoms with Crippen LogP contribution in [0.15, 0.2) is 89.4 Å². The van der Waals surface area contributed by atoms with Crippen LogP contribution < -0.4 is 0 Å². The van der Waals surface area contributed by atoms with Crippen LogP contribution in [0.4, 0.5) is 0 Å². The van der Waals surface area contributed by atoms with Crippen molar-refractivity contribution in [1.82, 2.24) is 15.0 Å². The molecule has 0 saturated carbocycles. The van der Waals surface area contributed by atoms with Gasteiger partial charge in [0.2, 0.25) is 0 Å². The summed E-state index contributed by atoms with van der Waals surface area (Å²) in [5.41, 5.74) is 4.80. The summed E-state index contributed by atoms with van der Waals surface area (Å²) in [5, 5.41) is 9.49. The molecule has 0 amide bonds. The van der Waals surface area contributed by atoms with Crippen molar-refractivity contribution < 1.29 is 0 Å². The first kappa shape index (κ1) is 14.8. The number of nitrogens with zero attached hydrogens (tertiary/aromatic N) is 3. The zero-order chi connectivity index (χ0) is 16.4. The molecule has 0 aliphatic heterocycles. The molecule has 4 heteroatoms. The predicted molar refractivity (Wildman–Crippen MR) is 99.9 cm³/mol. The second-order valence-corrected chi connectivity index (χ2v) is 6.31. The largest absolute Gasteiger partial charge is 0.150 e. The number of halogens is 1. The van der Waals surface area contributed by atoms with Crippen molar-refractivity contribution in [2.45, 2.75) is 0 Å². The van der Waals surface area contributed by atoms with Gasteiger partial charge in [-0.1, -0.05) is 76.6 Å². The van der Waals surface area contributed by atoms with Gasteiger partial charge in [-0.3, -0.25) is 0 Å². The number of hydrogen-bond acceptors (Lipinski definition) is 2. The van der Waals surface area contributed by atoms with Gasteiger partial charge < -0.3 is 0 Å². The molecule has 4 aromatic rings. The lowest BCUT2D eigenvalue weighted by atomic mass is 10.1. The van der Waals surface area contributed by atoms with Gasteiger partial charge in [0.15, 0.2) is 0 Å². The molecule has 0 spiro atoms. The lowest BCUT2D eigenvalue weighted by molar-refractivity contribution is 0.755. The first-order valence-corrected chi connectivity index (χ1v) is 8.45. The number of benzene rings is 3. The maximum Gasteiger partial charge on any atom is 0.121 e. The lowest BCUT2D eigenvalue weighted by Crippen LogP contribution is -1.98. The second-order valence-electron chi connectivity index (χ2n) is 5.40. The van der Waals surface area contributed by atoms with Gasteiger partial charge in [-0.05, 0) is 24.3 Å². The lowest BCUT2D eigenvalue weighted by Gasteiger charge is -2.00. The molecule has 1 heterocycles. The van der Waals surface area contributed by atoms with Crippen molar-refractivity contribution in [1.29, 1.82) is 0 Å². The molecule has 3 nitrogen and oxygen atoms in total. The van der Waals surface area contributed by atoms with Gasteiger partial charge in [-0.2, -0.15) is 4.80 Å². The quantitative estimate of drug-likeness (QED) is 0.482. The highest BCUT2D eigenvalue weighted by Gasteiger charge is 2.15. The van der Waals surface area contributed by atoms with E-state index in [0.717, 1.165) is 32.7 Å². The van der Waals surface area contributed by atoms with E-state index in [-0.39, 0.29) is 0 Å². The van der Waals surface area contributed by atoms with E-state index >= 15 is 0 Å². The van der Waals surface area contributed by atoms with E-state index in [1.807, 2.05) is 60.7 Å². The fraction of sp³-hybridized carbons (Fsp3) is 0. The molecule has 0 fully saturated rings. The van der Waals surface area contributed by atoms with Gasteiger partial charge in [-0.25, -0.2) is 0 Å². The van der Waals surface area contributed by atoms with Crippen LogP contribution in [-0.4, -0.2) is 15.0 Å². The highest BCUT2D eigenvalue weighted by molar-refractivity contribution is 9.10. The Hall–Kier alpha value is -2.72. The Kier molecular flexibility index (Phi) is 3.97. The molecule has 0 atom stereocenters. The topological polar surface area (TPSA) is 30.7 Å². The van der Waals surface area contributed by atoms with Gasteiger partial charge in [-0.15, -0.1) is 10.2 Å². The summed E-state index contributed by atoms with van der Waals surface area (Å²) < 4.78 is 1.03. The minimum Gasteiger partial charge on any atom is -0.150 e. The maximum atomic E-state index is 4.75.